The minimum absolute atomic E-state index is 0.563. The van der Waals surface area contributed by atoms with Crippen molar-refractivity contribution in [3.63, 3.8) is 0 Å². The van der Waals surface area contributed by atoms with Crippen molar-refractivity contribution < 1.29 is 5.11 Å². The van der Waals surface area contributed by atoms with Gasteiger partial charge in [0.15, 0.2) is 0 Å². The molecule has 0 saturated carbocycles. The van der Waals surface area contributed by atoms with Crippen LogP contribution in [0.2, 0.25) is 0 Å². The number of nitrogens with one attached hydrogen (secondary N) is 1. The fraction of sp³-hybridized carbons (Fsp3) is 0.400. The first kappa shape index (κ1) is 10.9. The second-order valence-electron chi connectivity index (χ2n) is 3.31. The first-order chi connectivity index (χ1) is 6.06. The zero-order chi connectivity index (χ0) is 9.90. The highest BCUT2D eigenvalue weighted by Crippen LogP contribution is 2.20. The van der Waals surface area contributed by atoms with Crippen LogP contribution < -0.4 is 5.32 Å². The molecule has 0 saturated heterocycles. The third-order valence-electron chi connectivity index (χ3n) is 1.99. The number of hydrogen-bond acceptors (Lipinski definition) is 2. The van der Waals surface area contributed by atoms with E-state index in [1.807, 2.05) is 38.2 Å². The van der Waals surface area contributed by atoms with E-state index in [9.17, 15) is 5.11 Å². The maximum Gasteiger partial charge on any atom is 0.0992 e. The predicted molar refractivity (Wildman–Crippen MR) is 62.7 cm³/mol. The molecule has 0 aliphatic carbocycles. The molecular formula is C10H14INO. The monoisotopic (exact) mass is 291 g/mol. The molecule has 0 aliphatic rings. The number of rotatable bonds is 3. The number of hydrogen-bond donors (Lipinski definition) is 2. The zero-order valence-electron chi connectivity index (χ0n) is 7.84. The van der Waals surface area contributed by atoms with E-state index in [0.29, 0.717) is 6.54 Å². The summed E-state index contributed by atoms with van der Waals surface area (Å²) in [4.78, 5) is 0. The van der Waals surface area contributed by atoms with Gasteiger partial charge in [0.05, 0.1) is 5.60 Å². The van der Waals surface area contributed by atoms with Crippen LogP contribution in [0.25, 0.3) is 0 Å². The van der Waals surface area contributed by atoms with E-state index in [-0.39, 0.29) is 0 Å². The lowest BCUT2D eigenvalue weighted by atomic mass is 9.96. The standard InChI is InChI=1S/C10H14INO/c1-10(13,7-12-2)8-3-5-9(11)6-4-8/h3-6,12-13H,7H2,1-2H3. The molecule has 0 radical (unpaired) electrons. The van der Waals surface area contributed by atoms with Crippen LogP contribution in [0.15, 0.2) is 24.3 Å². The maximum absolute atomic E-state index is 10.0. The third-order valence-corrected chi connectivity index (χ3v) is 2.71. The first-order valence-corrected chi connectivity index (χ1v) is 5.27. The Bertz CT molecular complexity index is 269. The second-order valence-corrected chi connectivity index (χ2v) is 4.56. The Morgan fingerprint density at radius 2 is 1.92 bits per heavy atom. The number of likely N-dealkylation sites (N-methyl/N-ethyl adjacent to an activating group) is 1. The molecule has 0 amide bonds. The van der Waals surface area contributed by atoms with E-state index in [0.717, 1.165) is 5.56 Å². The largest absolute Gasteiger partial charge is 0.384 e. The van der Waals surface area contributed by atoms with Gasteiger partial charge in [-0.25, -0.2) is 0 Å². The SMILES string of the molecule is CNCC(C)(O)c1ccc(I)cc1. The van der Waals surface area contributed by atoms with Crippen LogP contribution in [0.1, 0.15) is 12.5 Å². The van der Waals surface area contributed by atoms with Gasteiger partial charge in [-0.1, -0.05) is 12.1 Å². The summed E-state index contributed by atoms with van der Waals surface area (Å²) in [6.45, 7) is 2.37. The Kier molecular flexibility index (Phi) is 3.70. The van der Waals surface area contributed by atoms with Crippen LogP contribution in [0.5, 0.6) is 0 Å². The molecule has 0 bridgehead atoms. The summed E-state index contributed by atoms with van der Waals surface area (Å²) in [7, 11) is 1.83. The molecule has 2 nitrogen and oxygen atoms in total. The fourth-order valence-corrected chi connectivity index (χ4v) is 1.61. The smallest absolute Gasteiger partial charge is 0.0992 e. The summed E-state index contributed by atoms with van der Waals surface area (Å²) >= 11 is 2.25. The highest BCUT2D eigenvalue weighted by molar-refractivity contribution is 14.1. The second kappa shape index (κ2) is 4.39. The lowest BCUT2D eigenvalue weighted by Crippen LogP contribution is -2.33. The summed E-state index contributed by atoms with van der Waals surface area (Å²) in [5.41, 5.74) is 0.168. The minimum atomic E-state index is -0.779. The Morgan fingerprint density at radius 3 is 2.38 bits per heavy atom. The normalized spacial score (nSPS) is 15.4. The van der Waals surface area contributed by atoms with Crippen LogP contribution in [0.3, 0.4) is 0 Å². The van der Waals surface area contributed by atoms with Crippen molar-refractivity contribution in [2.24, 2.45) is 0 Å². The van der Waals surface area contributed by atoms with Gasteiger partial charge in [-0.05, 0) is 54.3 Å². The van der Waals surface area contributed by atoms with Gasteiger partial charge in [-0.15, -0.1) is 0 Å². The van der Waals surface area contributed by atoms with Gasteiger partial charge >= 0.3 is 0 Å². The van der Waals surface area contributed by atoms with Crippen molar-refractivity contribution in [3.05, 3.63) is 33.4 Å². The topological polar surface area (TPSA) is 32.3 Å². The molecular weight excluding hydrogens is 277 g/mol. The third kappa shape index (κ3) is 2.93. The van der Waals surface area contributed by atoms with E-state index in [4.69, 9.17) is 0 Å². The van der Waals surface area contributed by atoms with Crippen molar-refractivity contribution in [1.82, 2.24) is 5.32 Å². The van der Waals surface area contributed by atoms with Gasteiger partial charge in [0.1, 0.15) is 0 Å². The molecule has 0 aliphatic heterocycles. The van der Waals surface area contributed by atoms with Gasteiger partial charge in [0, 0.05) is 10.1 Å². The number of aliphatic hydroxyl groups is 1. The van der Waals surface area contributed by atoms with Crippen molar-refractivity contribution in [3.8, 4) is 0 Å². The molecule has 1 aromatic carbocycles. The first-order valence-electron chi connectivity index (χ1n) is 4.19. The van der Waals surface area contributed by atoms with Crippen LogP contribution in [-0.2, 0) is 5.60 Å². The van der Waals surface area contributed by atoms with Gasteiger partial charge in [0.25, 0.3) is 0 Å². The number of benzene rings is 1. The average Bonchev–Trinajstić information content (AvgIpc) is 2.05. The van der Waals surface area contributed by atoms with Crippen molar-refractivity contribution in [1.29, 1.82) is 0 Å². The molecule has 1 unspecified atom stereocenters. The molecule has 1 rings (SSSR count). The number of halogens is 1. The van der Waals surface area contributed by atoms with Gasteiger partial charge in [0.2, 0.25) is 0 Å². The quantitative estimate of drug-likeness (QED) is 0.831. The van der Waals surface area contributed by atoms with Crippen molar-refractivity contribution in [2.75, 3.05) is 13.6 Å². The van der Waals surface area contributed by atoms with E-state index in [2.05, 4.69) is 27.9 Å². The average molecular weight is 291 g/mol. The van der Waals surface area contributed by atoms with Gasteiger partial charge in [-0.2, -0.15) is 0 Å². The molecule has 0 fully saturated rings. The minimum Gasteiger partial charge on any atom is -0.384 e. The summed E-state index contributed by atoms with van der Waals surface area (Å²) in [5, 5.41) is 13.0. The zero-order valence-corrected chi connectivity index (χ0v) is 10.00. The highest BCUT2D eigenvalue weighted by Gasteiger charge is 2.21. The van der Waals surface area contributed by atoms with Crippen molar-refractivity contribution in [2.45, 2.75) is 12.5 Å². The summed E-state index contributed by atoms with van der Waals surface area (Å²) in [6, 6.07) is 7.91. The molecule has 3 heteroatoms. The Hall–Kier alpha value is -0.130. The molecule has 0 spiro atoms. The van der Waals surface area contributed by atoms with Crippen LogP contribution in [0, 0.1) is 3.57 Å². The molecule has 72 valence electrons. The van der Waals surface area contributed by atoms with Gasteiger partial charge < -0.3 is 10.4 Å². The lowest BCUT2D eigenvalue weighted by molar-refractivity contribution is 0.0591. The predicted octanol–water partition coefficient (Wildman–Crippen LogP) is 1.72. The van der Waals surface area contributed by atoms with Crippen LogP contribution in [0.4, 0.5) is 0 Å². The Balaban J connectivity index is 2.87. The molecule has 1 aromatic rings. The van der Waals surface area contributed by atoms with E-state index in [1.54, 1.807) is 0 Å². The van der Waals surface area contributed by atoms with E-state index in [1.165, 1.54) is 3.57 Å². The van der Waals surface area contributed by atoms with E-state index < -0.39 is 5.60 Å². The summed E-state index contributed by atoms with van der Waals surface area (Å²) in [6.07, 6.45) is 0. The van der Waals surface area contributed by atoms with Gasteiger partial charge in [-0.3, -0.25) is 0 Å². The Morgan fingerprint density at radius 1 is 1.38 bits per heavy atom. The molecule has 1 atom stereocenters. The molecule has 0 aromatic heterocycles. The molecule has 0 heterocycles. The fourth-order valence-electron chi connectivity index (χ4n) is 1.26. The molecule has 13 heavy (non-hydrogen) atoms. The van der Waals surface area contributed by atoms with E-state index >= 15 is 0 Å². The molecule has 2 N–H and O–H groups in total. The van der Waals surface area contributed by atoms with Crippen LogP contribution in [-0.4, -0.2) is 18.7 Å². The van der Waals surface area contributed by atoms with Crippen molar-refractivity contribution >= 4 is 22.6 Å². The summed E-state index contributed by atoms with van der Waals surface area (Å²) in [5.74, 6) is 0. The van der Waals surface area contributed by atoms with Crippen LogP contribution >= 0.6 is 22.6 Å². The summed E-state index contributed by atoms with van der Waals surface area (Å²) < 4.78 is 1.18. The highest BCUT2D eigenvalue weighted by atomic mass is 127. The maximum atomic E-state index is 10.0. The Labute approximate surface area is 92.5 Å². The lowest BCUT2D eigenvalue weighted by Gasteiger charge is -2.23.